The van der Waals surface area contributed by atoms with Gasteiger partial charge in [-0.25, -0.2) is 0 Å². The highest BCUT2D eigenvalue weighted by Gasteiger charge is 2.46. The number of epoxide rings is 1. The van der Waals surface area contributed by atoms with Crippen molar-refractivity contribution in [1.82, 2.24) is 0 Å². The van der Waals surface area contributed by atoms with Crippen LogP contribution in [0.25, 0.3) is 0 Å². The molecule has 2 fully saturated rings. The van der Waals surface area contributed by atoms with Crippen LogP contribution in [0.2, 0.25) is 0 Å². The molecule has 0 spiro atoms. The molecule has 24 heavy (non-hydrogen) atoms. The molecule has 2 rings (SSSR count). The summed E-state index contributed by atoms with van der Waals surface area (Å²) in [6.45, 7) is 4.48. The number of rotatable bonds is 13. The molecule has 1 heterocycles. The molecule has 2 aliphatic rings. The Kier molecular flexibility index (Phi) is 8.53. The Morgan fingerprint density at radius 2 is 1.67 bits per heavy atom. The molecular weight excluding hydrogens is 300 g/mol. The van der Waals surface area contributed by atoms with Crippen LogP contribution in [0.4, 0.5) is 0 Å². The second kappa shape index (κ2) is 10.1. The summed E-state index contributed by atoms with van der Waals surface area (Å²) < 4.78 is 17.6. The highest BCUT2D eigenvalue weighted by molar-refractivity contribution is 4.93. The van der Waals surface area contributed by atoms with Crippen molar-refractivity contribution in [2.45, 2.75) is 109 Å². The summed E-state index contributed by atoms with van der Waals surface area (Å²) in [7, 11) is 3.64. The minimum absolute atomic E-state index is 0.398. The Balaban J connectivity index is 1.85. The van der Waals surface area contributed by atoms with Gasteiger partial charge in [0.2, 0.25) is 0 Å². The summed E-state index contributed by atoms with van der Waals surface area (Å²) in [4.78, 5) is 0. The van der Waals surface area contributed by atoms with Gasteiger partial charge in [0.1, 0.15) is 0 Å². The van der Waals surface area contributed by atoms with Crippen LogP contribution in [-0.4, -0.2) is 32.2 Å². The minimum atomic E-state index is -0.398. The van der Waals surface area contributed by atoms with E-state index in [1.54, 1.807) is 0 Å². The van der Waals surface area contributed by atoms with Crippen molar-refractivity contribution in [3.05, 3.63) is 0 Å². The SMILES string of the molecule is CCCCCCCCC(CC1CCC2OC2C1)C(CC)(OC)OC. The van der Waals surface area contributed by atoms with E-state index >= 15 is 0 Å². The number of methoxy groups -OCH3 is 2. The molecule has 142 valence electrons. The molecule has 4 atom stereocenters. The summed E-state index contributed by atoms with van der Waals surface area (Å²) in [6, 6.07) is 0. The van der Waals surface area contributed by atoms with E-state index in [2.05, 4.69) is 13.8 Å². The fourth-order valence-corrected chi connectivity index (χ4v) is 4.79. The molecule has 0 aromatic heterocycles. The molecule has 1 saturated heterocycles. The maximum absolute atomic E-state index is 5.92. The number of ether oxygens (including phenoxy) is 3. The topological polar surface area (TPSA) is 31.0 Å². The van der Waals surface area contributed by atoms with E-state index in [4.69, 9.17) is 14.2 Å². The summed E-state index contributed by atoms with van der Waals surface area (Å²) in [6.07, 6.45) is 16.5. The average molecular weight is 341 g/mol. The van der Waals surface area contributed by atoms with Gasteiger partial charge in [0.15, 0.2) is 5.79 Å². The number of hydrogen-bond donors (Lipinski definition) is 0. The first-order valence-electron chi connectivity index (χ1n) is 10.4. The second-order valence-corrected chi connectivity index (χ2v) is 7.95. The quantitative estimate of drug-likeness (QED) is 0.244. The van der Waals surface area contributed by atoms with Crippen LogP contribution < -0.4 is 0 Å². The molecule has 0 N–H and O–H groups in total. The molecule has 0 radical (unpaired) electrons. The lowest BCUT2D eigenvalue weighted by molar-refractivity contribution is -0.246. The van der Waals surface area contributed by atoms with Gasteiger partial charge < -0.3 is 14.2 Å². The van der Waals surface area contributed by atoms with E-state index in [1.165, 1.54) is 70.6 Å². The first kappa shape index (κ1) is 20.2. The minimum Gasteiger partial charge on any atom is -0.370 e. The number of fused-ring (bicyclic) bond motifs is 1. The first-order chi connectivity index (χ1) is 11.7. The third-order valence-electron chi connectivity index (χ3n) is 6.44. The monoisotopic (exact) mass is 340 g/mol. The molecule has 1 aliphatic carbocycles. The van der Waals surface area contributed by atoms with Crippen LogP contribution in [0.3, 0.4) is 0 Å². The van der Waals surface area contributed by atoms with Crippen molar-refractivity contribution >= 4 is 0 Å². The lowest BCUT2D eigenvalue weighted by atomic mass is 9.77. The Hall–Kier alpha value is -0.120. The van der Waals surface area contributed by atoms with Crippen LogP contribution in [0, 0.1) is 11.8 Å². The van der Waals surface area contributed by atoms with Crippen molar-refractivity contribution in [2.24, 2.45) is 11.8 Å². The van der Waals surface area contributed by atoms with Crippen molar-refractivity contribution < 1.29 is 14.2 Å². The molecule has 3 heteroatoms. The van der Waals surface area contributed by atoms with Gasteiger partial charge in [-0.15, -0.1) is 0 Å². The Labute approximate surface area is 149 Å². The lowest BCUT2D eigenvalue weighted by Gasteiger charge is -2.40. The third kappa shape index (κ3) is 5.44. The van der Waals surface area contributed by atoms with E-state index in [-0.39, 0.29) is 0 Å². The summed E-state index contributed by atoms with van der Waals surface area (Å²) in [5.41, 5.74) is 0. The molecular formula is C21H40O3. The molecule has 3 nitrogen and oxygen atoms in total. The zero-order valence-electron chi connectivity index (χ0n) is 16.5. The Morgan fingerprint density at radius 1 is 0.958 bits per heavy atom. The van der Waals surface area contributed by atoms with E-state index in [0.29, 0.717) is 18.1 Å². The smallest absolute Gasteiger partial charge is 0.170 e. The maximum atomic E-state index is 5.92. The highest BCUT2D eigenvalue weighted by atomic mass is 16.7. The molecule has 4 unspecified atom stereocenters. The third-order valence-corrected chi connectivity index (χ3v) is 6.44. The van der Waals surface area contributed by atoms with Crippen molar-refractivity contribution in [3.63, 3.8) is 0 Å². The fraction of sp³-hybridized carbons (Fsp3) is 1.00. The van der Waals surface area contributed by atoms with Crippen molar-refractivity contribution in [1.29, 1.82) is 0 Å². The zero-order valence-corrected chi connectivity index (χ0v) is 16.5. The first-order valence-corrected chi connectivity index (χ1v) is 10.4. The normalized spacial score (nSPS) is 27.8. The molecule has 0 aromatic carbocycles. The Morgan fingerprint density at radius 3 is 2.29 bits per heavy atom. The average Bonchev–Trinajstić information content (AvgIpc) is 3.38. The van der Waals surface area contributed by atoms with Gasteiger partial charge in [-0.3, -0.25) is 0 Å². The molecule has 1 saturated carbocycles. The van der Waals surface area contributed by atoms with Gasteiger partial charge in [0.05, 0.1) is 12.2 Å². The fourth-order valence-electron chi connectivity index (χ4n) is 4.79. The number of hydrogen-bond acceptors (Lipinski definition) is 3. The van der Waals surface area contributed by atoms with Crippen LogP contribution in [-0.2, 0) is 14.2 Å². The largest absolute Gasteiger partial charge is 0.370 e. The molecule has 0 bridgehead atoms. The Bertz CT molecular complexity index is 332. The van der Waals surface area contributed by atoms with E-state index in [1.807, 2.05) is 14.2 Å². The summed E-state index contributed by atoms with van der Waals surface area (Å²) in [5.74, 6) is 0.893. The van der Waals surface area contributed by atoms with E-state index < -0.39 is 5.79 Å². The zero-order chi connectivity index (χ0) is 17.4. The predicted octanol–water partition coefficient (Wildman–Crippen LogP) is 5.71. The standard InChI is InChI=1S/C21H40O3/c1-5-7-8-9-10-11-12-18(21(6-2,22-3)23-4)15-17-13-14-19-20(16-17)24-19/h17-20H,5-16H2,1-4H3. The molecule has 0 amide bonds. The van der Waals surface area contributed by atoms with Crippen molar-refractivity contribution in [2.75, 3.05) is 14.2 Å². The van der Waals surface area contributed by atoms with Gasteiger partial charge in [-0.2, -0.15) is 0 Å². The van der Waals surface area contributed by atoms with Crippen LogP contribution in [0.15, 0.2) is 0 Å². The highest BCUT2D eigenvalue weighted by Crippen LogP contribution is 2.44. The van der Waals surface area contributed by atoms with E-state index in [9.17, 15) is 0 Å². The molecule has 1 aliphatic heterocycles. The number of unbranched alkanes of at least 4 members (excludes halogenated alkanes) is 5. The van der Waals surface area contributed by atoms with Crippen LogP contribution >= 0.6 is 0 Å². The predicted molar refractivity (Wildman–Crippen MR) is 99.1 cm³/mol. The van der Waals surface area contributed by atoms with Crippen molar-refractivity contribution in [3.8, 4) is 0 Å². The van der Waals surface area contributed by atoms with Gasteiger partial charge in [-0.1, -0.05) is 52.4 Å². The molecule has 0 aromatic rings. The van der Waals surface area contributed by atoms with Gasteiger partial charge >= 0.3 is 0 Å². The summed E-state index contributed by atoms with van der Waals surface area (Å²) >= 11 is 0. The van der Waals surface area contributed by atoms with E-state index in [0.717, 1.165) is 12.3 Å². The van der Waals surface area contributed by atoms with Crippen LogP contribution in [0.1, 0.15) is 90.9 Å². The lowest BCUT2D eigenvalue weighted by Crippen LogP contribution is -2.42. The van der Waals surface area contributed by atoms with Crippen LogP contribution in [0.5, 0.6) is 0 Å². The summed E-state index contributed by atoms with van der Waals surface area (Å²) in [5, 5.41) is 0. The second-order valence-electron chi connectivity index (χ2n) is 7.95. The van der Waals surface area contributed by atoms with Gasteiger partial charge in [0, 0.05) is 20.1 Å². The maximum Gasteiger partial charge on any atom is 0.170 e. The van der Waals surface area contributed by atoms with Gasteiger partial charge in [-0.05, 0) is 44.4 Å². The van der Waals surface area contributed by atoms with Gasteiger partial charge in [0.25, 0.3) is 0 Å².